The van der Waals surface area contributed by atoms with Crippen LogP contribution in [-0.2, 0) is 20.0 Å². The van der Waals surface area contributed by atoms with Crippen molar-refractivity contribution < 1.29 is 34.7 Å². The lowest BCUT2D eigenvalue weighted by Crippen LogP contribution is -2.20. The number of nitrogens with two attached hydrogens (primary N) is 1. The van der Waals surface area contributed by atoms with Crippen LogP contribution < -0.4 is 14.6 Å². The lowest BCUT2D eigenvalue weighted by atomic mass is 10.3. The minimum Gasteiger partial charge on any atom is -0.404 e. The highest BCUT2D eigenvalue weighted by molar-refractivity contribution is 7.93. The monoisotopic (exact) mass is 396 g/mol. The van der Waals surface area contributed by atoms with E-state index in [0.717, 1.165) is 36.4 Å². The zero-order valence-electron chi connectivity index (χ0n) is 12.2. The highest BCUT2D eigenvalue weighted by Crippen LogP contribution is 2.31. The van der Waals surface area contributed by atoms with Crippen LogP contribution in [0.2, 0.25) is 0 Å². The first-order valence-electron chi connectivity index (χ1n) is 6.39. The molecule has 136 valence electrons. The van der Waals surface area contributed by atoms with Crippen molar-refractivity contribution in [3.05, 3.63) is 48.5 Å². The Labute approximate surface area is 141 Å². The molecule has 2 aromatic rings. The molecule has 0 spiro atoms. The van der Waals surface area contributed by atoms with Crippen molar-refractivity contribution in [2.45, 2.75) is 16.2 Å². The van der Waals surface area contributed by atoms with Gasteiger partial charge in [0.15, 0.2) is 5.75 Å². The second-order valence-corrected chi connectivity index (χ2v) is 7.91. The maximum atomic E-state index is 12.4. The molecule has 0 bridgehead atoms. The highest BCUT2D eigenvalue weighted by atomic mass is 32.2. The minimum atomic E-state index is -5.02. The number of primary sulfonamides is 1. The van der Waals surface area contributed by atoms with E-state index < -0.39 is 47.6 Å². The Morgan fingerprint density at radius 2 is 1.52 bits per heavy atom. The number of hydrogen-bond acceptors (Lipinski definition) is 5. The van der Waals surface area contributed by atoms with Gasteiger partial charge in [0, 0.05) is 0 Å². The Bertz CT molecular complexity index is 989. The maximum Gasteiger partial charge on any atom is 0.573 e. The third kappa shape index (κ3) is 5.08. The molecule has 7 nitrogen and oxygen atoms in total. The Kier molecular flexibility index (Phi) is 4.97. The first-order chi connectivity index (χ1) is 11.4. The second kappa shape index (κ2) is 6.54. The predicted octanol–water partition coefficient (Wildman–Crippen LogP) is 2.03. The van der Waals surface area contributed by atoms with Crippen molar-refractivity contribution in [1.82, 2.24) is 0 Å². The molecule has 2 rings (SSSR count). The molecule has 0 saturated carbocycles. The second-order valence-electron chi connectivity index (χ2n) is 4.67. The summed E-state index contributed by atoms with van der Waals surface area (Å²) in [7, 11) is -8.55. The summed E-state index contributed by atoms with van der Waals surface area (Å²) in [6.07, 6.45) is -5.02. The lowest BCUT2D eigenvalue weighted by molar-refractivity contribution is -0.274. The van der Waals surface area contributed by atoms with E-state index in [1.54, 1.807) is 0 Å². The SMILES string of the molecule is NS(=O)(=O)c1cccc(S(=O)(=O)Nc2ccccc2OC(F)(F)F)c1. The number of nitrogens with one attached hydrogen (secondary N) is 1. The summed E-state index contributed by atoms with van der Waals surface area (Å²) < 4.78 is 90.0. The van der Waals surface area contributed by atoms with Gasteiger partial charge >= 0.3 is 6.36 Å². The number of rotatable bonds is 5. The molecule has 2 aromatic carbocycles. The van der Waals surface area contributed by atoms with Gasteiger partial charge in [-0.25, -0.2) is 22.0 Å². The van der Waals surface area contributed by atoms with Crippen LogP contribution in [0.25, 0.3) is 0 Å². The van der Waals surface area contributed by atoms with Gasteiger partial charge in [0.1, 0.15) is 0 Å². The molecule has 12 heteroatoms. The Hall–Kier alpha value is -2.31. The number of alkyl halides is 3. The molecule has 0 atom stereocenters. The summed E-state index contributed by atoms with van der Waals surface area (Å²) in [4.78, 5) is -0.962. The molecule has 0 unspecified atom stereocenters. The molecule has 0 fully saturated rings. The first kappa shape index (κ1) is 19.0. The van der Waals surface area contributed by atoms with E-state index in [1.807, 2.05) is 4.72 Å². The average molecular weight is 396 g/mol. The van der Waals surface area contributed by atoms with Crippen LogP contribution in [0.3, 0.4) is 0 Å². The summed E-state index contributed by atoms with van der Waals surface area (Å²) in [5.41, 5.74) is -0.471. The molecule has 25 heavy (non-hydrogen) atoms. The number of ether oxygens (including phenoxy) is 1. The van der Waals surface area contributed by atoms with E-state index in [1.165, 1.54) is 12.1 Å². The largest absolute Gasteiger partial charge is 0.573 e. The van der Waals surface area contributed by atoms with Crippen LogP contribution in [0.1, 0.15) is 0 Å². The van der Waals surface area contributed by atoms with Crippen LogP contribution in [0, 0.1) is 0 Å². The Balaban J connectivity index is 2.41. The quantitative estimate of drug-likeness (QED) is 0.802. The van der Waals surface area contributed by atoms with Gasteiger partial charge in [-0.05, 0) is 30.3 Å². The number of hydrogen-bond donors (Lipinski definition) is 2. The van der Waals surface area contributed by atoms with Crippen LogP contribution in [0.15, 0.2) is 58.3 Å². The Morgan fingerprint density at radius 1 is 0.920 bits per heavy atom. The van der Waals surface area contributed by atoms with E-state index in [0.29, 0.717) is 0 Å². The summed E-state index contributed by atoms with van der Waals surface area (Å²) >= 11 is 0. The van der Waals surface area contributed by atoms with Crippen molar-refractivity contribution in [3.8, 4) is 5.75 Å². The van der Waals surface area contributed by atoms with E-state index in [9.17, 15) is 30.0 Å². The van der Waals surface area contributed by atoms with Crippen LogP contribution >= 0.6 is 0 Å². The molecule has 0 aliphatic carbocycles. The van der Waals surface area contributed by atoms with Gasteiger partial charge in [0.25, 0.3) is 10.0 Å². The van der Waals surface area contributed by atoms with Crippen molar-refractivity contribution >= 4 is 25.7 Å². The van der Waals surface area contributed by atoms with Crippen molar-refractivity contribution in [3.63, 3.8) is 0 Å². The molecular formula is C13H11F3N2O5S2. The topological polar surface area (TPSA) is 116 Å². The number of benzene rings is 2. The van der Waals surface area contributed by atoms with Gasteiger partial charge < -0.3 is 4.74 Å². The van der Waals surface area contributed by atoms with E-state index in [4.69, 9.17) is 5.14 Å². The van der Waals surface area contributed by atoms with Crippen molar-refractivity contribution in [2.75, 3.05) is 4.72 Å². The third-order valence-electron chi connectivity index (χ3n) is 2.80. The molecule has 0 saturated heterocycles. The molecular weight excluding hydrogens is 385 g/mol. The zero-order valence-corrected chi connectivity index (χ0v) is 13.8. The summed E-state index contributed by atoms with van der Waals surface area (Å²) in [5.74, 6) is -0.763. The first-order valence-corrected chi connectivity index (χ1v) is 9.42. The number of anilines is 1. The van der Waals surface area contributed by atoms with Gasteiger partial charge in [0.05, 0.1) is 15.5 Å². The predicted molar refractivity (Wildman–Crippen MR) is 81.7 cm³/mol. The summed E-state index contributed by atoms with van der Waals surface area (Å²) in [5, 5.41) is 4.93. The fourth-order valence-electron chi connectivity index (χ4n) is 1.79. The fourth-order valence-corrected chi connectivity index (χ4v) is 3.54. The zero-order chi connectivity index (χ0) is 18.9. The smallest absolute Gasteiger partial charge is 0.404 e. The van der Waals surface area contributed by atoms with Gasteiger partial charge in [-0.1, -0.05) is 18.2 Å². The van der Waals surface area contributed by atoms with Gasteiger partial charge in [-0.15, -0.1) is 13.2 Å². The van der Waals surface area contributed by atoms with Gasteiger partial charge in [0.2, 0.25) is 10.0 Å². The molecule has 0 aliphatic rings. The molecule has 0 radical (unpaired) electrons. The summed E-state index contributed by atoms with van der Waals surface area (Å²) in [6, 6.07) is 8.55. The lowest BCUT2D eigenvalue weighted by Gasteiger charge is -2.15. The van der Waals surface area contributed by atoms with Crippen molar-refractivity contribution in [2.24, 2.45) is 5.14 Å². The minimum absolute atomic E-state index is 0.463. The molecule has 3 N–H and O–H groups in total. The highest BCUT2D eigenvalue weighted by Gasteiger charge is 2.32. The normalized spacial score (nSPS) is 12.6. The van der Waals surface area contributed by atoms with E-state index in [-0.39, 0.29) is 0 Å². The Morgan fingerprint density at radius 3 is 2.12 bits per heavy atom. The molecule has 0 aliphatic heterocycles. The molecule has 0 aromatic heterocycles. The average Bonchev–Trinajstić information content (AvgIpc) is 2.47. The van der Waals surface area contributed by atoms with Gasteiger partial charge in [-0.2, -0.15) is 0 Å². The third-order valence-corrected chi connectivity index (χ3v) is 5.08. The fraction of sp³-hybridized carbons (Fsp3) is 0.0769. The summed E-state index contributed by atoms with van der Waals surface area (Å²) in [6.45, 7) is 0. The van der Waals surface area contributed by atoms with E-state index >= 15 is 0 Å². The van der Waals surface area contributed by atoms with Crippen molar-refractivity contribution in [1.29, 1.82) is 0 Å². The van der Waals surface area contributed by atoms with Gasteiger partial charge in [-0.3, -0.25) is 4.72 Å². The standard InChI is InChI=1S/C13H11F3N2O5S2/c14-13(15,16)23-12-7-2-1-6-11(12)18-25(21,22)10-5-3-4-9(8-10)24(17,19)20/h1-8,18H,(H2,17,19,20). The van der Waals surface area contributed by atoms with Crippen LogP contribution in [-0.4, -0.2) is 23.2 Å². The number of halogens is 3. The molecule has 0 heterocycles. The maximum absolute atomic E-state index is 12.4. The number of para-hydroxylation sites is 2. The molecule has 0 amide bonds. The van der Waals surface area contributed by atoms with Crippen LogP contribution in [0.4, 0.5) is 18.9 Å². The van der Waals surface area contributed by atoms with E-state index in [2.05, 4.69) is 4.74 Å². The number of sulfonamides is 2. The van der Waals surface area contributed by atoms with Crippen LogP contribution in [0.5, 0.6) is 5.75 Å².